The predicted octanol–water partition coefficient (Wildman–Crippen LogP) is 2.92. The lowest BCUT2D eigenvalue weighted by atomic mass is 9.95. The van der Waals surface area contributed by atoms with Gasteiger partial charge in [0.25, 0.3) is 0 Å². The number of carbonyl (C=O) groups excluding carboxylic acids is 1. The van der Waals surface area contributed by atoms with Gasteiger partial charge in [-0.3, -0.25) is 4.79 Å². The van der Waals surface area contributed by atoms with Crippen LogP contribution >= 0.6 is 11.3 Å². The number of hydrogen-bond donors (Lipinski definition) is 0. The largest absolute Gasteiger partial charge is 0.497 e. The Hall–Kier alpha value is -2.08. The maximum absolute atomic E-state index is 12.7. The highest BCUT2D eigenvalue weighted by atomic mass is 32.1. The molecule has 0 saturated carbocycles. The van der Waals surface area contributed by atoms with Gasteiger partial charge in [0.1, 0.15) is 18.1 Å². The fraction of sp³-hybridized carbons (Fsp3) is 0.444. The van der Waals surface area contributed by atoms with Crippen LogP contribution in [0.4, 0.5) is 0 Å². The molecule has 0 unspecified atom stereocenters. The molecule has 1 amide bonds. The van der Waals surface area contributed by atoms with Crippen LogP contribution in [0.1, 0.15) is 23.2 Å². The molecule has 5 nitrogen and oxygen atoms in total. The van der Waals surface area contributed by atoms with Gasteiger partial charge >= 0.3 is 0 Å². The molecule has 0 bridgehead atoms. The standard InChI is InChI=1S/C18H22N2O3S/c1-4-17-19-14(11-24-17)9-20(2)18(21)13-7-12-5-6-15(22-3)8-16(12)23-10-13/h5-6,8,11,13H,4,7,9-10H2,1-3H3/t13-/m0/s1. The van der Waals surface area contributed by atoms with E-state index in [1.165, 1.54) is 0 Å². The van der Waals surface area contributed by atoms with Crippen molar-refractivity contribution in [3.05, 3.63) is 39.8 Å². The number of carbonyl (C=O) groups is 1. The van der Waals surface area contributed by atoms with Gasteiger partial charge in [-0.15, -0.1) is 11.3 Å². The average Bonchev–Trinajstić information content (AvgIpc) is 3.07. The zero-order valence-electron chi connectivity index (χ0n) is 14.2. The summed E-state index contributed by atoms with van der Waals surface area (Å²) in [6, 6.07) is 5.75. The van der Waals surface area contributed by atoms with E-state index in [2.05, 4.69) is 11.9 Å². The van der Waals surface area contributed by atoms with Gasteiger partial charge in [0.05, 0.1) is 30.3 Å². The SMILES string of the molecule is CCc1nc(CN(C)C(=O)[C@@H]2COc3cc(OC)ccc3C2)cs1. The molecular weight excluding hydrogens is 324 g/mol. The lowest BCUT2D eigenvalue weighted by molar-refractivity contribution is -0.136. The van der Waals surface area contributed by atoms with Crippen LogP contribution in [0.5, 0.6) is 11.5 Å². The van der Waals surface area contributed by atoms with Crippen LogP contribution in [0.3, 0.4) is 0 Å². The van der Waals surface area contributed by atoms with E-state index in [4.69, 9.17) is 9.47 Å². The molecule has 0 aliphatic carbocycles. The van der Waals surface area contributed by atoms with Gasteiger partial charge in [-0.2, -0.15) is 0 Å². The van der Waals surface area contributed by atoms with Crippen molar-refractivity contribution in [1.29, 1.82) is 0 Å². The van der Waals surface area contributed by atoms with Gasteiger partial charge < -0.3 is 14.4 Å². The van der Waals surface area contributed by atoms with Crippen LogP contribution in [-0.4, -0.2) is 36.6 Å². The smallest absolute Gasteiger partial charge is 0.229 e. The number of thiazole rings is 1. The molecule has 0 N–H and O–H groups in total. The van der Waals surface area contributed by atoms with Crippen molar-refractivity contribution in [3.63, 3.8) is 0 Å². The molecule has 1 aromatic heterocycles. The fourth-order valence-corrected chi connectivity index (χ4v) is 3.59. The number of rotatable bonds is 5. The second kappa shape index (κ2) is 7.21. The van der Waals surface area contributed by atoms with Crippen molar-refractivity contribution in [2.75, 3.05) is 20.8 Å². The first-order valence-electron chi connectivity index (χ1n) is 8.08. The van der Waals surface area contributed by atoms with Gasteiger partial charge in [0.2, 0.25) is 5.91 Å². The molecule has 0 saturated heterocycles. The van der Waals surface area contributed by atoms with E-state index in [1.54, 1.807) is 23.3 Å². The van der Waals surface area contributed by atoms with E-state index < -0.39 is 0 Å². The maximum atomic E-state index is 12.7. The fourth-order valence-electron chi connectivity index (χ4n) is 2.85. The minimum Gasteiger partial charge on any atom is -0.497 e. The first kappa shape index (κ1) is 16.8. The molecular formula is C18H22N2O3S. The number of aromatic nitrogens is 1. The summed E-state index contributed by atoms with van der Waals surface area (Å²) >= 11 is 1.65. The van der Waals surface area contributed by atoms with Crippen molar-refractivity contribution in [3.8, 4) is 11.5 Å². The van der Waals surface area contributed by atoms with E-state index in [1.807, 2.05) is 30.6 Å². The predicted molar refractivity (Wildman–Crippen MR) is 93.6 cm³/mol. The molecule has 24 heavy (non-hydrogen) atoms. The van der Waals surface area contributed by atoms with Crippen molar-refractivity contribution >= 4 is 17.2 Å². The van der Waals surface area contributed by atoms with Crippen LogP contribution in [0.15, 0.2) is 23.6 Å². The summed E-state index contributed by atoms with van der Waals surface area (Å²) < 4.78 is 11.0. The Morgan fingerprint density at radius 1 is 1.50 bits per heavy atom. The van der Waals surface area contributed by atoms with Gasteiger partial charge in [-0.05, 0) is 24.5 Å². The Balaban J connectivity index is 1.64. The second-order valence-electron chi connectivity index (χ2n) is 5.97. The van der Waals surface area contributed by atoms with Crippen LogP contribution in [0.25, 0.3) is 0 Å². The molecule has 0 fully saturated rings. The number of nitrogens with zero attached hydrogens (tertiary/aromatic N) is 2. The summed E-state index contributed by atoms with van der Waals surface area (Å²) in [5.41, 5.74) is 2.00. The Kier molecular flexibility index (Phi) is 5.04. The number of fused-ring (bicyclic) bond motifs is 1. The monoisotopic (exact) mass is 346 g/mol. The Morgan fingerprint density at radius 3 is 3.04 bits per heavy atom. The van der Waals surface area contributed by atoms with Crippen LogP contribution in [0.2, 0.25) is 0 Å². The zero-order chi connectivity index (χ0) is 17.1. The highest BCUT2D eigenvalue weighted by molar-refractivity contribution is 7.09. The molecule has 2 aromatic rings. The number of aryl methyl sites for hydroxylation is 1. The third-order valence-corrected chi connectivity index (χ3v) is 5.25. The van der Waals surface area contributed by atoms with Gasteiger partial charge in [-0.1, -0.05) is 13.0 Å². The first-order chi connectivity index (χ1) is 11.6. The lowest BCUT2D eigenvalue weighted by Crippen LogP contribution is -2.38. The van der Waals surface area contributed by atoms with Gasteiger partial charge in [0, 0.05) is 18.5 Å². The topological polar surface area (TPSA) is 51.7 Å². The summed E-state index contributed by atoms with van der Waals surface area (Å²) in [4.78, 5) is 19.0. The molecule has 1 aliphatic heterocycles. The average molecular weight is 346 g/mol. The minimum atomic E-state index is -0.153. The van der Waals surface area contributed by atoms with Gasteiger partial charge in [0.15, 0.2) is 0 Å². The lowest BCUT2D eigenvalue weighted by Gasteiger charge is -2.28. The van der Waals surface area contributed by atoms with E-state index in [9.17, 15) is 4.79 Å². The van der Waals surface area contributed by atoms with Crippen LogP contribution in [0, 0.1) is 5.92 Å². The first-order valence-corrected chi connectivity index (χ1v) is 8.96. The second-order valence-corrected chi connectivity index (χ2v) is 6.91. The molecule has 1 aromatic carbocycles. The van der Waals surface area contributed by atoms with E-state index in [0.717, 1.165) is 34.2 Å². The highest BCUT2D eigenvalue weighted by Gasteiger charge is 2.28. The third kappa shape index (κ3) is 3.53. The maximum Gasteiger partial charge on any atom is 0.229 e. The van der Waals surface area contributed by atoms with Crippen LogP contribution < -0.4 is 9.47 Å². The number of ether oxygens (including phenoxy) is 2. The third-order valence-electron chi connectivity index (χ3n) is 4.21. The molecule has 0 spiro atoms. The molecule has 1 atom stereocenters. The Labute approximate surface area is 146 Å². The molecule has 1 aliphatic rings. The van der Waals surface area contributed by atoms with E-state index in [-0.39, 0.29) is 11.8 Å². The minimum absolute atomic E-state index is 0.0996. The summed E-state index contributed by atoms with van der Waals surface area (Å²) in [6.45, 7) is 3.03. The molecule has 128 valence electrons. The molecule has 3 rings (SSSR count). The summed E-state index contributed by atoms with van der Waals surface area (Å²) in [5.74, 6) is 1.53. The summed E-state index contributed by atoms with van der Waals surface area (Å²) in [6.07, 6.45) is 1.62. The quantitative estimate of drug-likeness (QED) is 0.835. The summed E-state index contributed by atoms with van der Waals surface area (Å²) in [5, 5.41) is 3.14. The van der Waals surface area contributed by atoms with Gasteiger partial charge in [-0.25, -0.2) is 4.98 Å². The van der Waals surface area contributed by atoms with Crippen molar-refractivity contribution in [2.45, 2.75) is 26.3 Å². The highest BCUT2D eigenvalue weighted by Crippen LogP contribution is 2.31. The molecule has 6 heteroatoms. The van der Waals surface area contributed by atoms with Crippen molar-refractivity contribution in [2.24, 2.45) is 5.92 Å². The number of hydrogen-bond acceptors (Lipinski definition) is 5. The molecule has 2 heterocycles. The van der Waals surface area contributed by atoms with Crippen molar-refractivity contribution in [1.82, 2.24) is 9.88 Å². The summed E-state index contributed by atoms with van der Waals surface area (Å²) in [7, 11) is 3.46. The molecule has 0 radical (unpaired) electrons. The zero-order valence-corrected chi connectivity index (χ0v) is 15.1. The number of methoxy groups -OCH3 is 1. The van der Waals surface area contributed by atoms with E-state index in [0.29, 0.717) is 19.6 Å². The normalized spacial score (nSPS) is 16.2. The van der Waals surface area contributed by atoms with Crippen molar-refractivity contribution < 1.29 is 14.3 Å². The van der Waals surface area contributed by atoms with Crippen LogP contribution in [-0.2, 0) is 24.2 Å². The number of benzene rings is 1. The Morgan fingerprint density at radius 2 is 2.33 bits per heavy atom. The Bertz CT molecular complexity index is 729. The number of amides is 1. The van der Waals surface area contributed by atoms with E-state index >= 15 is 0 Å².